The quantitative estimate of drug-likeness (QED) is 0.144. The lowest BCUT2D eigenvalue weighted by Gasteiger charge is -2.00. The van der Waals surface area contributed by atoms with Gasteiger partial charge in [0.25, 0.3) is 0 Å². The molecule has 0 spiro atoms. The SMILES string of the molecule is N=[NH+]O.N=[NH+]O.[O-2]. The van der Waals surface area contributed by atoms with Crippen molar-refractivity contribution in [3.63, 3.8) is 0 Å². The highest BCUT2D eigenvalue weighted by Gasteiger charge is 1.18. The van der Waals surface area contributed by atoms with Gasteiger partial charge in [0, 0.05) is 0 Å². The molecule has 0 amide bonds. The van der Waals surface area contributed by atoms with Gasteiger partial charge in [0.15, 0.2) is 0 Å². The standard InChI is InChI=1S/2H2N2O.O/c2*1-2-3;/h2*(H2,1,3);/q;;-2/p+2. The van der Waals surface area contributed by atoms with Crippen LogP contribution in [0.4, 0.5) is 0 Å². The maximum atomic E-state index is 6.99. The third-order valence-electron chi connectivity index (χ3n) is 0. The van der Waals surface area contributed by atoms with E-state index >= 15 is 0 Å². The van der Waals surface area contributed by atoms with Crippen molar-refractivity contribution >= 4 is 0 Å². The minimum atomic E-state index is 0. The zero-order valence-electron chi connectivity index (χ0n) is 3.30. The van der Waals surface area contributed by atoms with E-state index in [1.54, 1.807) is 0 Å². The van der Waals surface area contributed by atoms with Gasteiger partial charge in [-0.1, -0.05) is 0 Å². The highest BCUT2D eigenvalue weighted by molar-refractivity contribution is 2.13. The van der Waals surface area contributed by atoms with Gasteiger partial charge in [0.2, 0.25) is 0 Å². The van der Waals surface area contributed by atoms with Crippen LogP contribution in [0.1, 0.15) is 0 Å². The molecule has 0 bridgehead atoms. The normalized spacial score (nSPS) is 3.43. The Labute approximate surface area is 38.8 Å². The fraction of sp³-hybridized carbons (Fsp3) is 0. The Bertz CT molecular complexity index is 27.9. The molecule has 6 N–H and O–H groups in total. The van der Waals surface area contributed by atoms with Gasteiger partial charge in [-0.2, -0.15) is 0 Å². The molecule has 7 heteroatoms. The van der Waals surface area contributed by atoms with Crippen LogP contribution in [0.15, 0.2) is 0 Å². The molecule has 0 unspecified atom stereocenters. The third-order valence-corrected chi connectivity index (χ3v) is 0. The van der Waals surface area contributed by atoms with Crippen LogP contribution in [0.2, 0.25) is 0 Å². The largest absolute Gasteiger partial charge is 2.00 e. The van der Waals surface area contributed by atoms with Crippen molar-refractivity contribution in [2.45, 2.75) is 0 Å². The van der Waals surface area contributed by atoms with Crippen LogP contribution in [0.5, 0.6) is 0 Å². The maximum absolute atomic E-state index is 6.99. The van der Waals surface area contributed by atoms with Crippen molar-refractivity contribution < 1.29 is 26.4 Å². The molecule has 0 fully saturated rings. The van der Waals surface area contributed by atoms with Crippen LogP contribution in [-0.2, 0) is 5.48 Å². The molecule has 0 aliphatic rings. The predicted octanol–water partition coefficient (Wildman–Crippen LogP) is -3.14. The summed E-state index contributed by atoms with van der Waals surface area (Å²) in [6.07, 6.45) is 0. The van der Waals surface area contributed by atoms with Crippen LogP contribution in [0, 0.1) is 11.1 Å². The van der Waals surface area contributed by atoms with Crippen LogP contribution in [0.25, 0.3) is 0 Å². The molecule has 0 aromatic rings. The topological polar surface area (TPSA) is 145 Å². The summed E-state index contributed by atoms with van der Waals surface area (Å²) in [5, 5.41) is 16.0. The molecule has 0 rings (SSSR count). The number of nitrogens with one attached hydrogen (secondary N) is 4. The zero-order valence-corrected chi connectivity index (χ0v) is 3.30. The lowest BCUT2D eigenvalue weighted by atomic mass is 13.1. The Kier molecular flexibility index (Phi) is 285. The molecule has 0 aliphatic carbocycles. The lowest BCUT2D eigenvalue weighted by Crippen LogP contribution is -2.58. The predicted molar refractivity (Wildman–Crippen MR) is 11.6 cm³/mol. The van der Waals surface area contributed by atoms with Gasteiger partial charge in [-0.05, 0) is 11.1 Å². The Morgan fingerprint density at radius 2 is 1.00 bits per heavy atom. The zero-order chi connectivity index (χ0) is 5.41. The lowest BCUT2D eigenvalue weighted by molar-refractivity contribution is -0.808. The molecule has 7 heavy (non-hydrogen) atoms. The summed E-state index contributed by atoms with van der Waals surface area (Å²) in [5.74, 6) is 0. The van der Waals surface area contributed by atoms with Crippen LogP contribution in [-0.4, -0.2) is 10.4 Å². The van der Waals surface area contributed by atoms with E-state index in [9.17, 15) is 0 Å². The summed E-state index contributed by atoms with van der Waals surface area (Å²) in [6.45, 7) is 0. The van der Waals surface area contributed by atoms with Gasteiger partial charge >= 0.3 is 0 Å². The first-order valence-corrected chi connectivity index (χ1v) is 0.947. The monoisotopic (exact) mass is 110 g/mol. The van der Waals surface area contributed by atoms with Crippen molar-refractivity contribution in [2.24, 2.45) is 0 Å². The first-order valence-electron chi connectivity index (χ1n) is 0.947. The molecule has 0 saturated heterocycles. The number of hydrogen-bond acceptors (Lipinski definition) is 2. The van der Waals surface area contributed by atoms with Crippen LogP contribution in [0.3, 0.4) is 0 Å². The number of rotatable bonds is 0. The van der Waals surface area contributed by atoms with Crippen LogP contribution >= 0.6 is 0 Å². The molecule has 0 saturated carbocycles. The summed E-state index contributed by atoms with van der Waals surface area (Å²) in [7, 11) is 0. The van der Waals surface area contributed by atoms with Gasteiger partial charge in [-0.3, -0.25) is 10.4 Å². The Morgan fingerprint density at radius 3 is 1.00 bits per heavy atom. The Balaban J connectivity index is -0.0000000400. The summed E-state index contributed by atoms with van der Waals surface area (Å²) in [6, 6.07) is 0. The van der Waals surface area contributed by atoms with Gasteiger partial charge < -0.3 is 5.48 Å². The smallest absolute Gasteiger partial charge is 0.0636 e. The second kappa shape index (κ2) is 117. The van der Waals surface area contributed by atoms with E-state index < -0.39 is 0 Å². The maximum Gasteiger partial charge on any atom is 0.0636 e. The fourth-order valence-electron chi connectivity index (χ4n) is 0. The van der Waals surface area contributed by atoms with Crippen molar-refractivity contribution in [2.75, 3.05) is 0 Å². The average Bonchev–Trinajstić information content (AvgIpc) is 1.39. The number of hydrogen-bond donors (Lipinski definition) is 6. The minimum Gasteiger partial charge on any atom is -2.00 e. The van der Waals surface area contributed by atoms with Crippen molar-refractivity contribution in [1.82, 2.24) is 0 Å². The summed E-state index contributed by atoms with van der Waals surface area (Å²) >= 11 is 0. The molecule has 0 heterocycles. The molecule has 0 aliphatic heterocycles. The van der Waals surface area contributed by atoms with E-state index in [1.165, 1.54) is 0 Å². The highest BCUT2D eigenvalue weighted by Crippen LogP contribution is 0.507. The second-order valence-corrected chi connectivity index (χ2v) is 0.224. The molecule has 0 aromatic carbocycles. The molecule has 7 nitrogen and oxygen atoms in total. The molecule has 0 radical (unpaired) electrons. The third kappa shape index (κ3) is 23.6. The van der Waals surface area contributed by atoms with E-state index in [1.807, 2.05) is 0 Å². The van der Waals surface area contributed by atoms with Crippen LogP contribution < -0.4 is 10.6 Å². The first kappa shape index (κ1) is 17.1. The first-order chi connectivity index (χ1) is 2.83. The molecule has 0 aromatic heterocycles. The fourth-order valence-corrected chi connectivity index (χ4v) is 0. The van der Waals surface area contributed by atoms with E-state index in [0.717, 1.165) is 10.6 Å². The highest BCUT2D eigenvalue weighted by atomic mass is 16.4. The van der Waals surface area contributed by atoms with Gasteiger partial charge in [0.1, 0.15) is 0 Å². The molecule has 44 valence electrons. The van der Waals surface area contributed by atoms with E-state index in [0.29, 0.717) is 0 Å². The summed E-state index contributed by atoms with van der Waals surface area (Å²) < 4.78 is 0. The van der Waals surface area contributed by atoms with Crippen molar-refractivity contribution in [3.05, 3.63) is 0 Å². The van der Waals surface area contributed by atoms with Gasteiger partial charge in [-0.15, -0.1) is 0 Å². The van der Waals surface area contributed by atoms with E-state index in [4.69, 9.17) is 21.5 Å². The summed E-state index contributed by atoms with van der Waals surface area (Å²) in [5.41, 5.74) is 11.0. The van der Waals surface area contributed by atoms with E-state index in [2.05, 4.69) is 0 Å². The second-order valence-electron chi connectivity index (χ2n) is 0.224. The molecular formula is H6N4O3. The van der Waals surface area contributed by atoms with Gasteiger partial charge in [-0.25, -0.2) is 0 Å². The molecular weight excluding hydrogens is 104 g/mol. The van der Waals surface area contributed by atoms with Crippen molar-refractivity contribution in [1.29, 1.82) is 11.1 Å². The van der Waals surface area contributed by atoms with Crippen molar-refractivity contribution in [3.8, 4) is 0 Å². The van der Waals surface area contributed by atoms with Gasteiger partial charge in [0.05, 0.1) is 10.6 Å². The molecule has 0 atom stereocenters. The Morgan fingerprint density at radius 1 is 1.00 bits per heavy atom. The summed E-state index contributed by atoms with van der Waals surface area (Å²) in [4.78, 5) is 0. The minimum absolute atomic E-state index is 0. The van der Waals surface area contributed by atoms with E-state index in [-0.39, 0.29) is 5.48 Å². The average molecular weight is 110 g/mol. The Hall–Kier alpha value is -1.24.